The predicted molar refractivity (Wildman–Crippen MR) is 201 cm³/mol. The van der Waals surface area contributed by atoms with Crippen LogP contribution in [0.3, 0.4) is 0 Å². The molecule has 0 radical (unpaired) electrons. The second kappa shape index (κ2) is 11.3. The summed E-state index contributed by atoms with van der Waals surface area (Å²) in [5, 5.41) is 0. The van der Waals surface area contributed by atoms with Crippen LogP contribution in [0.1, 0.15) is 51.6 Å². The number of nitrogens with zero attached hydrogens (tertiary/aromatic N) is 2. The van der Waals surface area contributed by atoms with E-state index < -0.39 is 0 Å². The third-order valence-electron chi connectivity index (χ3n) is 10.7. The maximum atomic E-state index is 5.26. The minimum absolute atomic E-state index is 0.233. The molecule has 1 aliphatic heterocycles. The van der Waals surface area contributed by atoms with Crippen molar-refractivity contribution in [2.75, 3.05) is 0 Å². The van der Waals surface area contributed by atoms with E-state index in [2.05, 4.69) is 174 Å². The third kappa shape index (κ3) is 4.44. The van der Waals surface area contributed by atoms with Crippen molar-refractivity contribution in [3.05, 3.63) is 203 Å². The second-order valence-electron chi connectivity index (χ2n) is 13.4. The lowest BCUT2D eigenvalue weighted by Gasteiger charge is -2.31. The van der Waals surface area contributed by atoms with Gasteiger partial charge in [-0.2, -0.15) is 0 Å². The smallest absolute Gasteiger partial charge is 0.145 e. The van der Waals surface area contributed by atoms with Crippen molar-refractivity contribution in [2.24, 2.45) is 0 Å². The molecule has 0 saturated heterocycles. The van der Waals surface area contributed by atoms with Crippen molar-refractivity contribution in [3.63, 3.8) is 0 Å². The lowest BCUT2D eigenvalue weighted by atomic mass is 9.78. The number of rotatable bonds is 6. The molecule has 0 fully saturated rings. The molecule has 1 unspecified atom stereocenters. The van der Waals surface area contributed by atoms with Crippen molar-refractivity contribution in [1.29, 1.82) is 0 Å². The van der Waals surface area contributed by atoms with Crippen LogP contribution < -0.4 is 0 Å². The Bertz CT molecular complexity index is 2440. The Hall–Kier alpha value is -5.99. The number of imidazole rings is 1. The Kier molecular flexibility index (Phi) is 6.48. The highest BCUT2D eigenvalue weighted by molar-refractivity contribution is 5.91. The molecule has 7 aromatic carbocycles. The van der Waals surface area contributed by atoms with E-state index in [4.69, 9.17) is 4.98 Å². The summed E-state index contributed by atoms with van der Waals surface area (Å²) in [4.78, 5) is 5.26. The minimum atomic E-state index is 0.233. The van der Waals surface area contributed by atoms with E-state index in [1.807, 2.05) is 0 Å². The van der Waals surface area contributed by atoms with Gasteiger partial charge in [0.1, 0.15) is 5.82 Å². The number of hydrogen-bond donors (Lipinski definition) is 0. The highest BCUT2D eigenvalue weighted by atomic mass is 15.1. The second-order valence-corrected chi connectivity index (χ2v) is 13.4. The van der Waals surface area contributed by atoms with Crippen LogP contribution in [-0.2, 0) is 6.42 Å². The molecule has 1 atom stereocenters. The Morgan fingerprint density at radius 3 is 1.84 bits per heavy atom. The summed E-state index contributed by atoms with van der Waals surface area (Å²) < 4.78 is 2.43. The van der Waals surface area contributed by atoms with Crippen LogP contribution in [-0.4, -0.2) is 9.55 Å². The van der Waals surface area contributed by atoms with Gasteiger partial charge in [-0.05, 0) is 80.6 Å². The maximum Gasteiger partial charge on any atom is 0.145 e. The molecule has 2 nitrogen and oxygen atoms in total. The highest BCUT2D eigenvalue weighted by Crippen LogP contribution is 2.50. The zero-order valence-electron chi connectivity index (χ0n) is 27.1. The number of hydrogen-bond acceptors (Lipinski definition) is 1. The number of para-hydroxylation sites is 1. The minimum Gasteiger partial charge on any atom is -0.292 e. The van der Waals surface area contributed by atoms with Gasteiger partial charge in [-0.25, -0.2) is 4.98 Å². The average Bonchev–Trinajstić information content (AvgIpc) is 3.73. The van der Waals surface area contributed by atoms with E-state index in [1.165, 1.54) is 66.8 Å². The zero-order valence-corrected chi connectivity index (χ0v) is 27.1. The fraction of sp³-hybridized carbons (Fsp3) is 0.0851. The fourth-order valence-corrected chi connectivity index (χ4v) is 8.60. The van der Waals surface area contributed by atoms with Crippen LogP contribution in [0.4, 0.5) is 0 Å². The quantitative estimate of drug-likeness (QED) is 0.180. The molecule has 1 aromatic heterocycles. The standard InChI is InChI=1S/C47H34N2/c1-3-13-31(14-4-1)25-30-40-41-22-11-23-42-46(41)49(47(48-42)34-15-5-2-6-16-34)43-24-12-21-35(45(40)43)32-26-28-33(29-27-32)44-38-19-9-7-17-36(38)37-18-8-10-20-39(37)44/h1-24,26-29,40,44H,25,30H2. The summed E-state index contributed by atoms with van der Waals surface area (Å²) in [7, 11) is 0. The Balaban J connectivity index is 1.14. The topological polar surface area (TPSA) is 17.8 Å². The van der Waals surface area contributed by atoms with Crippen LogP contribution in [0.5, 0.6) is 0 Å². The van der Waals surface area contributed by atoms with Crippen LogP contribution in [0.2, 0.25) is 0 Å². The van der Waals surface area contributed by atoms with Gasteiger partial charge in [0.15, 0.2) is 0 Å². The monoisotopic (exact) mass is 626 g/mol. The third-order valence-corrected chi connectivity index (χ3v) is 10.7. The first-order chi connectivity index (χ1) is 24.3. The van der Waals surface area contributed by atoms with Crippen LogP contribution in [0.15, 0.2) is 170 Å². The van der Waals surface area contributed by atoms with Crippen molar-refractivity contribution >= 4 is 11.0 Å². The van der Waals surface area contributed by atoms with Gasteiger partial charge >= 0.3 is 0 Å². The van der Waals surface area contributed by atoms with Gasteiger partial charge in [0.25, 0.3) is 0 Å². The Morgan fingerprint density at radius 2 is 1.10 bits per heavy atom. The van der Waals surface area contributed by atoms with Gasteiger partial charge in [0.2, 0.25) is 0 Å². The summed E-state index contributed by atoms with van der Waals surface area (Å²) >= 11 is 0. The molecule has 2 heteroatoms. The van der Waals surface area contributed by atoms with Crippen LogP contribution >= 0.6 is 0 Å². The summed E-state index contributed by atoms with van der Waals surface area (Å²) in [6.45, 7) is 0. The van der Waals surface area contributed by atoms with Crippen LogP contribution in [0.25, 0.3) is 50.4 Å². The van der Waals surface area contributed by atoms with Gasteiger partial charge < -0.3 is 0 Å². The van der Waals surface area contributed by atoms with Gasteiger partial charge in [-0.3, -0.25) is 4.57 Å². The fourth-order valence-electron chi connectivity index (χ4n) is 8.60. The first-order valence-corrected chi connectivity index (χ1v) is 17.4. The highest BCUT2D eigenvalue weighted by Gasteiger charge is 2.33. The van der Waals surface area contributed by atoms with E-state index in [-0.39, 0.29) is 11.8 Å². The number of benzene rings is 7. The zero-order chi connectivity index (χ0) is 32.3. The Morgan fingerprint density at radius 1 is 0.490 bits per heavy atom. The van der Waals surface area contributed by atoms with Gasteiger partial charge in [0.05, 0.1) is 16.7 Å². The Labute approximate surface area is 287 Å². The molecule has 0 saturated carbocycles. The number of aryl methyl sites for hydroxylation is 1. The molecule has 0 bridgehead atoms. The number of aromatic nitrogens is 2. The van der Waals surface area contributed by atoms with Crippen molar-refractivity contribution in [3.8, 4) is 39.3 Å². The van der Waals surface area contributed by atoms with Gasteiger partial charge in [-0.1, -0.05) is 158 Å². The molecule has 2 heterocycles. The molecule has 0 amide bonds. The molecule has 0 N–H and O–H groups in total. The summed E-state index contributed by atoms with van der Waals surface area (Å²) in [5.74, 6) is 1.47. The number of fused-ring (bicyclic) bond motifs is 5. The first-order valence-electron chi connectivity index (χ1n) is 17.4. The lowest BCUT2D eigenvalue weighted by Crippen LogP contribution is -2.16. The molecule has 2 aliphatic rings. The molecular weight excluding hydrogens is 593 g/mol. The molecule has 49 heavy (non-hydrogen) atoms. The van der Waals surface area contributed by atoms with Crippen molar-refractivity contribution in [1.82, 2.24) is 9.55 Å². The van der Waals surface area contributed by atoms with E-state index in [0.29, 0.717) is 0 Å². The van der Waals surface area contributed by atoms with E-state index >= 15 is 0 Å². The molecular formula is C47H34N2. The lowest BCUT2D eigenvalue weighted by molar-refractivity contribution is 0.705. The molecule has 10 rings (SSSR count). The van der Waals surface area contributed by atoms with Gasteiger partial charge in [-0.15, -0.1) is 0 Å². The first kappa shape index (κ1) is 28.1. The van der Waals surface area contributed by atoms with Crippen molar-refractivity contribution < 1.29 is 0 Å². The summed E-state index contributed by atoms with van der Waals surface area (Å²) in [6, 6.07) is 62.3. The molecule has 0 spiro atoms. The van der Waals surface area contributed by atoms with Crippen molar-refractivity contribution in [2.45, 2.75) is 24.7 Å². The normalized spacial score (nSPS) is 14.4. The summed E-state index contributed by atoms with van der Waals surface area (Å²) in [6.07, 6.45) is 2.03. The summed E-state index contributed by atoms with van der Waals surface area (Å²) in [5.41, 5.74) is 18.1. The maximum absolute atomic E-state index is 5.26. The molecule has 232 valence electrons. The molecule has 8 aromatic rings. The van der Waals surface area contributed by atoms with E-state index in [1.54, 1.807) is 0 Å². The average molecular weight is 627 g/mol. The molecule has 1 aliphatic carbocycles. The van der Waals surface area contributed by atoms with E-state index in [9.17, 15) is 0 Å². The van der Waals surface area contributed by atoms with Gasteiger partial charge in [0, 0.05) is 17.4 Å². The SMILES string of the molecule is c1ccc(CCC2c3c(-c4ccc(C5c6ccccc6-c6ccccc65)cc4)cccc3-n3c(-c4ccccc4)nc4cccc2c43)cc1. The van der Waals surface area contributed by atoms with E-state index in [0.717, 1.165) is 29.7 Å². The van der Waals surface area contributed by atoms with Crippen LogP contribution in [0, 0.1) is 0 Å². The largest absolute Gasteiger partial charge is 0.292 e. The predicted octanol–water partition coefficient (Wildman–Crippen LogP) is 11.6.